The van der Waals surface area contributed by atoms with Crippen LogP contribution in [0.4, 0.5) is 10.5 Å². The van der Waals surface area contributed by atoms with Crippen LogP contribution in [0, 0.1) is 0 Å². The molecule has 0 radical (unpaired) electrons. The van der Waals surface area contributed by atoms with Crippen molar-refractivity contribution in [3.8, 4) is 0 Å². The zero-order valence-electron chi connectivity index (χ0n) is 10.4. The number of amides is 2. The van der Waals surface area contributed by atoms with Crippen LogP contribution < -0.4 is 10.2 Å². The average Bonchev–Trinajstić information content (AvgIpc) is 2.39. The lowest BCUT2D eigenvalue weighted by Crippen LogP contribution is -2.28. The molecule has 0 spiro atoms. The van der Waals surface area contributed by atoms with Gasteiger partial charge in [0.2, 0.25) is 6.41 Å². The van der Waals surface area contributed by atoms with Crippen molar-refractivity contribution in [2.45, 2.75) is 19.8 Å². The number of anilines is 1. The predicted octanol–water partition coefficient (Wildman–Crippen LogP) is 1.87. The highest BCUT2D eigenvalue weighted by Crippen LogP contribution is 2.14. The number of hydrogen-bond donors (Lipinski definition) is 2. The van der Waals surface area contributed by atoms with Gasteiger partial charge in [0.05, 0.1) is 0 Å². The van der Waals surface area contributed by atoms with Gasteiger partial charge in [-0.15, -0.1) is 0 Å². The number of rotatable bonds is 7. The van der Waals surface area contributed by atoms with Crippen molar-refractivity contribution in [3.05, 3.63) is 29.8 Å². The second-order valence-corrected chi connectivity index (χ2v) is 3.90. The second kappa shape index (κ2) is 7.32. The summed E-state index contributed by atoms with van der Waals surface area (Å²) in [5.41, 5.74) is 2.05. The van der Waals surface area contributed by atoms with Crippen LogP contribution in [0.15, 0.2) is 24.3 Å². The quantitative estimate of drug-likeness (QED) is 0.573. The molecule has 0 saturated carbocycles. The molecule has 0 unspecified atom stereocenters. The first-order valence-corrected chi connectivity index (χ1v) is 5.95. The number of carboxylic acid groups (broad SMARTS) is 1. The number of carbonyl (C=O) groups excluding carboxylic acids is 1. The van der Waals surface area contributed by atoms with Crippen LogP contribution >= 0.6 is 0 Å². The monoisotopic (exact) mass is 250 g/mol. The van der Waals surface area contributed by atoms with Crippen molar-refractivity contribution in [1.29, 1.82) is 0 Å². The van der Waals surface area contributed by atoms with E-state index in [2.05, 4.69) is 12.2 Å². The van der Waals surface area contributed by atoms with Gasteiger partial charge < -0.3 is 15.3 Å². The van der Waals surface area contributed by atoms with Crippen molar-refractivity contribution < 1.29 is 14.7 Å². The summed E-state index contributed by atoms with van der Waals surface area (Å²) in [6, 6.07) is 7.78. The minimum atomic E-state index is -1.04. The number of nitrogens with one attached hydrogen (secondary N) is 1. The molecule has 0 atom stereocenters. The molecule has 2 N–H and O–H groups in total. The third-order valence-corrected chi connectivity index (χ3v) is 2.66. The summed E-state index contributed by atoms with van der Waals surface area (Å²) in [6.07, 6.45) is 1.27. The van der Waals surface area contributed by atoms with E-state index in [-0.39, 0.29) is 0 Å². The van der Waals surface area contributed by atoms with Crippen molar-refractivity contribution in [2.75, 3.05) is 18.0 Å². The third-order valence-electron chi connectivity index (χ3n) is 2.66. The van der Waals surface area contributed by atoms with Gasteiger partial charge in [-0.3, -0.25) is 4.79 Å². The molecule has 1 aromatic carbocycles. The summed E-state index contributed by atoms with van der Waals surface area (Å²) in [4.78, 5) is 22.8. The first kappa shape index (κ1) is 14.0. The first-order valence-electron chi connectivity index (χ1n) is 5.95. The second-order valence-electron chi connectivity index (χ2n) is 3.90. The highest BCUT2D eigenvalue weighted by molar-refractivity contribution is 5.75. The highest BCUT2D eigenvalue weighted by atomic mass is 16.4. The Kier molecular flexibility index (Phi) is 5.70. The number of hydrogen-bond acceptors (Lipinski definition) is 2. The fraction of sp³-hybridized carbons (Fsp3) is 0.385. The zero-order chi connectivity index (χ0) is 13.4. The maximum absolute atomic E-state index is 11.0. The maximum atomic E-state index is 11.0. The van der Waals surface area contributed by atoms with E-state index >= 15 is 0 Å². The fourth-order valence-electron chi connectivity index (χ4n) is 1.61. The van der Waals surface area contributed by atoms with E-state index in [0.29, 0.717) is 19.5 Å². The Labute approximate surface area is 106 Å². The van der Waals surface area contributed by atoms with E-state index in [0.717, 1.165) is 18.5 Å². The number of aryl methyl sites for hydroxylation is 1. The largest absolute Gasteiger partial charge is 0.465 e. The van der Waals surface area contributed by atoms with Crippen LogP contribution in [0.5, 0.6) is 0 Å². The number of carbonyl (C=O) groups is 2. The normalized spacial score (nSPS) is 9.83. The molecule has 18 heavy (non-hydrogen) atoms. The molecule has 0 aliphatic rings. The van der Waals surface area contributed by atoms with Gasteiger partial charge in [-0.25, -0.2) is 4.79 Å². The van der Waals surface area contributed by atoms with Gasteiger partial charge >= 0.3 is 6.09 Å². The van der Waals surface area contributed by atoms with Crippen LogP contribution in [-0.2, 0) is 11.2 Å². The minimum Gasteiger partial charge on any atom is -0.465 e. The molecule has 2 amide bonds. The molecule has 0 aromatic heterocycles. The standard InChI is InChI=1S/C13H18N2O3/c1-2-11-4-6-12(7-5-11)15(10-16)9-3-8-14-13(17)18/h4-7,10,14H,2-3,8-9H2,1H3,(H,17,18). The summed E-state index contributed by atoms with van der Waals surface area (Å²) < 4.78 is 0. The van der Waals surface area contributed by atoms with Crippen molar-refractivity contribution >= 4 is 18.2 Å². The van der Waals surface area contributed by atoms with Crippen molar-refractivity contribution in [3.63, 3.8) is 0 Å². The highest BCUT2D eigenvalue weighted by Gasteiger charge is 2.04. The lowest BCUT2D eigenvalue weighted by atomic mass is 10.1. The van der Waals surface area contributed by atoms with Crippen LogP contribution in [0.25, 0.3) is 0 Å². The molecule has 1 rings (SSSR count). The molecule has 1 aromatic rings. The first-order chi connectivity index (χ1) is 8.67. The predicted molar refractivity (Wildman–Crippen MR) is 69.9 cm³/mol. The van der Waals surface area contributed by atoms with E-state index < -0.39 is 6.09 Å². The molecule has 5 nitrogen and oxygen atoms in total. The topological polar surface area (TPSA) is 69.6 Å². The summed E-state index contributed by atoms with van der Waals surface area (Å²) in [7, 11) is 0. The molecule has 0 heterocycles. The van der Waals surface area contributed by atoms with Gasteiger partial charge in [0.25, 0.3) is 0 Å². The SMILES string of the molecule is CCc1ccc(N(C=O)CCCNC(=O)O)cc1. The Morgan fingerprint density at radius 2 is 2.06 bits per heavy atom. The Morgan fingerprint density at radius 1 is 1.39 bits per heavy atom. The van der Waals surface area contributed by atoms with Gasteiger partial charge in [0, 0.05) is 18.8 Å². The molecule has 0 fully saturated rings. The van der Waals surface area contributed by atoms with E-state index in [1.54, 1.807) is 4.90 Å². The van der Waals surface area contributed by atoms with E-state index in [1.165, 1.54) is 5.56 Å². The Hall–Kier alpha value is -2.04. The minimum absolute atomic E-state index is 0.340. The van der Waals surface area contributed by atoms with Crippen LogP contribution in [0.3, 0.4) is 0 Å². The molecule has 5 heteroatoms. The van der Waals surface area contributed by atoms with Crippen molar-refractivity contribution in [2.24, 2.45) is 0 Å². The summed E-state index contributed by atoms with van der Waals surface area (Å²) in [6.45, 7) is 2.91. The molecule has 0 saturated heterocycles. The van der Waals surface area contributed by atoms with Gasteiger partial charge in [0.15, 0.2) is 0 Å². The number of nitrogens with zero attached hydrogens (tertiary/aromatic N) is 1. The molecular formula is C13H18N2O3. The zero-order valence-corrected chi connectivity index (χ0v) is 10.4. The summed E-state index contributed by atoms with van der Waals surface area (Å²) in [5.74, 6) is 0. The van der Waals surface area contributed by atoms with E-state index in [1.807, 2.05) is 24.3 Å². The molecule has 98 valence electrons. The third kappa shape index (κ3) is 4.45. The van der Waals surface area contributed by atoms with Gasteiger partial charge in [-0.1, -0.05) is 19.1 Å². The van der Waals surface area contributed by atoms with E-state index in [9.17, 15) is 9.59 Å². The van der Waals surface area contributed by atoms with Crippen LogP contribution in [0.2, 0.25) is 0 Å². The molecule has 0 bridgehead atoms. The Balaban J connectivity index is 2.49. The van der Waals surface area contributed by atoms with Crippen LogP contribution in [-0.4, -0.2) is 30.7 Å². The molecular weight excluding hydrogens is 232 g/mol. The Morgan fingerprint density at radius 3 is 2.56 bits per heavy atom. The van der Waals surface area contributed by atoms with Crippen LogP contribution in [0.1, 0.15) is 18.9 Å². The van der Waals surface area contributed by atoms with Gasteiger partial charge in [-0.05, 0) is 30.5 Å². The lowest BCUT2D eigenvalue weighted by molar-refractivity contribution is -0.107. The molecule has 0 aliphatic heterocycles. The Bertz CT molecular complexity index is 390. The average molecular weight is 250 g/mol. The van der Waals surface area contributed by atoms with Gasteiger partial charge in [-0.2, -0.15) is 0 Å². The smallest absolute Gasteiger partial charge is 0.404 e. The van der Waals surface area contributed by atoms with Crippen molar-refractivity contribution in [1.82, 2.24) is 5.32 Å². The van der Waals surface area contributed by atoms with Gasteiger partial charge in [0.1, 0.15) is 0 Å². The lowest BCUT2D eigenvalue weighted by Gasteiger charge is -2.17. The maximum Gasteiger partial charge on any atom is 0.404 e. The van der Waals surface area contributed by atoms with E-state index in [4.69, 9.17) is 5.11 Å². The summed E-state index contributed by atoms with van der Waals surface area (Å²) in [5, 5.41) is 10.7. The fourth-order valence-corrected chi connectivity index (χ4v) is 1.61. The molecule has 0 aliphatic carbocycles. The summed E-state index contributed by atoms with van der Waals surface area (Å²) >= 11 is 0. The number of benzene rings is 1.